The predicted molar refractivity (Wildman–Crippen MR) is 90.8 cm³/mol. The molecule has 1 amide bonds. The highest BCUT2D eigenvalue weighted by molar-refractivity contribution is 6.30. The number of nitrogens with zero attached hydrogens (tertiary/aromatic N) is 2. The van der Waals surface area contributed by atoms with Crippen molar-refractivity contribution in [1.29, 1.82) is 0 Å². The maximum Gasteiger partial charge on any atom is 0.328 e. The summed E-state index contributed by atoms with van der Waals surface area (Å²) >= 11 is 5.81. The van der Waals surface area contributed by atoms with E-state index in [0.29, 0.717) is 17.1 Å². The Kier molecular flexibility index (Phi) is 3.96. The second-order valence-corrected chi connectivity index (χ2v) is 5.85. The van der Waals surface area contributed by atoms with Gasteiger partial charge in [0.05, 0.1) is 11.0 Å². The van der Waals surface area contributed by atoms with Crippen molar-refractivity contribution in [2.24, 2.45) is 14.1 Å². The van der Waals surface area contributed by atoms with Crippen LogP contribution >= 0.6 is 11.6 Å². The predicted octanol–water partition coefficient (Wildman–Crippen LogP) is 2.46. The Morgan fingerprint density at radius 2 is 1.70 bits per heavy atom. The molecule has 0 saturated heterocycles. The van der Waals surface area contributed by atoms with Crippen LogP contribution in [0.1, 0.15) is 15.9 Å². The fraction of sp³-hybridized carbons (Fsp3) is 0.176. The van der Waals surface area contributed by atoms with E-state index < -0.39 is 0 Å². The molecule has 1 heterocycles. The van der Waals surface area contributed by atoms with Crippen LogP contribution in [0.5, 0.6) is 0 Å². The number of halogens is 1. The Bertz CT molecular complexity index is 939. The van der Waals surface area contributed by atoms with E-state index in [-0.39, 0.29) is 11.6 Å². The summed E-state index contributed by atoms with van der Waals surface area (Å²) in [6, 6.07) is 12.4. The molecule has 5 nitrogen and oxygen atoms in total. The highest BCUT2D eigenvalue weighted by Gasteiger charge is 2.09. The number of rotatable bonds is 3. The molecule has 3 aromatic rings. The monoisotopic (exact) mass is 329 g/mol. The quantitative estimate of drug-likeness (QED) is 0.802. The van der Waals surface area contributed by atoms with Gasteiger partial charge in [-0.2, -0.15) is 0 Å². The van der Waals surface area contributed by atoms with Crippen molar-refractivity contribution in [1.82, 2.24) is 14.5 Å². The molecule has 2 aromatic carbocycles. The maximum absolute atomic E-state index is 12.1. The minimum Gasteiger partial charge on any atom is -0.348 e. The van der Waals surface area contributed by atoms with Crippen LogP contribution < -0.4 is 11.0 Å². The van der Waals surface area contributed by atoms with Crippen molar-refractivity contribution in [2.75, 3.05) is 0 Å². The molecule has 0 radical (unpaired) electrons. The van der Waals surface area contributed by atoms with Crippen LogP contribution in [0.2, 0.25) is 5.02 Å². The lowest BCUT2D eigenvalue weighted by Crippen LogP contribution is -2.22. The van der Waals surface area contributed by atoms with Gasteiger partial charge < -0.3 is 5.32 Å². The fourth-order valence-corrected chi connectivity index (χ4v) is 2.67. The van der Waals surface area contributed by atoms with Crippen molar-refractivity contribution in [3.8, 4) is 0 Å². The second kappa shape index (κ2) is 5.93. The van der Waals surface area contributed by atoms with Gasteiger partial charge >= 0.3 is 5.69 Å². The van der Waals surface area contributed by atoms with Gasteiger partial charge in [0.15, 0.2) is 0 Å². The Morgan fingerprint density at radius 1 is 1.04 bits per heavy atom. The van der Waals surface area contributed by atoms with Crippen molar-refractivity contribution in [3.63, 3.8) is 0 Å². The first kappa shape index (κ1) is 15.4. The summed E-state index contributed by atoms with van der Waals surface area (Å²) in [4.78, 5) is 24.0. The number of fused-ring (bicyclic) bond motifs is 1. The van der Waals surface area contributed by atoms with Crippen LogP contribution in [-0.4, -0.2) is 15.0 Å². The zero-order valence-corrected chi connectivity index (χ0v) is 13.6. The molecule has 1 aromatic heterocycles. The summed E-state index contributed by atoms with van der Waals surface area (Å²) in [5, 5.41) is 3.46. The topological polar surface area (TPSA) is 56.0 Å². The summed E-state index contributed by atoms with van der Waals surface area (Å²) < 4.78 is 3.20. The number of imidazole rings is 1. The number of aromatic nitrogens is 2. The number of aryl methyl sites for hydroxylation is 2. The van der Waals surface area contributed by atoms with E-state index in [0.717, 1.165) is 16.6 Å². The van der Waals surface area contributed by atoms with Gasteiger partial charge in [0.25, 0.3) is 5.91 Å². The number of hydrogen-bond acceptors (Lipinski definition) is 2. The number of carbonyl (C=O) groups excluding carboxylic acids is 1. The molecule has 0 spiro atoms. The van der Waals surface area contributed by atoms with Crippen molar-refractivity contribution < 1.29 is 4.79 Å². The summed E-state index contributed by atoms with van der Waals surface area (Å²) in [6.07, 6.45) is 0. The van der Waals surface area contributed by atoms with Gasteiger partial charge in [-0.05, 0) is 42.0 Å². The largest absolute Gasteiger partial charge is 0.348 e. The van der Waals surface area contributed by atoms with Gasteiger partial charge in [-0.3, -0.25) is 13.9 Å². The molecule has 0 bridgehead atoms. The highest BCUT2D eigenvalue weighted by atomic mass is 35.5. The van der Waals surface area contributed by atoms with E-state index >= 15 is 0 Å². The van der Waals surface area contributed by atoms with E-state index in [1.807, 2.05) is 18.2 Å². The number of nitrogens with one attached hydrogen (secondary N) is 1. The average Bonchev–Trinajstić information content (AvgIpc) is 2.77. The summed E-state index contributed by atoms with van der Waals surface area (Å²) in [6.45, 7) is 0.389. The van der Waals surface area contributed by atoms with Crippen molar-refractivity contribution >= 4 is 28.5 Å². The number of amides is 1. The Balaban J connectivity index is 1.79. The van der Waals surface area contributed by atoms with Crippen LogP contribution in [0.15, 0.2) is 47.3 Å². The van der Waals surface area contributed by atoms with Gasteiger partial charge in [0.2, 0.25) is 0 Å². The Labute approximate surface area is 138 Å². The van der Waals surface area contributed by atoms with Crippen molar-refractivity contribution in [3.05, 3.63) is 69.1 Å². The number of carbonyl (C=O) groups is 1. The van der Waals surface area contributed by atoms with E-state index in [1.165, 1.54) is 0 Å². The maximum atomic E-state index is 12.1. The van der Waals surface area contributed by atoms with E-state index in [4.69, 9.17) is 11.6 Å². The lowest BCUT2D eigenvalue weighted by Gasteiger charge is -2.06. The molecule has 0 fully saturated rings. The minimum absolute atomic E-state index is 0.0673. The molecular formula is C17H16ClN3O2. The minimum atomic E-state index is -0.163. The lowest BCUT2D eigenvalue weighted by molar-refractivity contribution is 0.0951. The van der Waals surface area contributed by atoms with E-state index in [9.17, 15) is 9.59 Å². The molecule has 0 saturated carbocycles. The molecule has 23 heavy (non-hydrogen) atoms. The van der Waals surface area contributed by atoms with E-state index in [1.54, 1.807) is 47.5 Å². The highest BCUT2D eigenvalue weighted by Crippen LogP contribution is 2.14. The molecule has 3 rings (SSSR count). The Hall–Kier alpha value is -2.53. The molecule has 0 unspecified atom stereocenters. The standard InChI is InChI=1S/C17H16ClN3O2/c1-20-14-8-3-11(9-15(14)21(2)17(20)23)10-19-16(22)12-4-6-13(18)7-5-12/h3-9H,10H2,1-2H3,(H,19,22). The molecule has 1 N–H and O–H groups in total. The van der Waals surface area contributed by atoms with Crippen molar-refractivity contribution in [2.45, 2.75) is 6.54 Å². The lowest BCUT2D eigenvalue weighted by atomic mass is 10.1. The second-order valence-electron chi connectivity index (χ2n) is 5.41. The van der Waals surface area contributed by atoms with Gasteiger partial charge in [-0.25, -0.2) is 4.79 Å². The summed E-state index contributed by atoms with van der Waals surface area (Å²) in [5.41, 5.74) is 3.13. The number of hydrogen-bond donors (Lipinski definition) is 1. The van der Waals surface area contributed by atoms with Gasteiger partial charge in [-0.15, -0.1) is 0 Å². The molecule has 118 valence electrons. The van der Waals surface area contributed by atoms with Crippen LogP contribution in [0, 0.1) is 0 Å². The first-order chi connectivity index (χ1) is 11.0. The van der Waals surface area contributed by atoms with Crippen LogP contribution in [0.4, 0.5) is 0 Å². The molecule has 0 aliphatic rings. The molecular weight excluding hydrogens is 314 g/mol. The third-order valence-electron chi connectivity index (χ3n) is 3.90. The van der Waals surface area contributed by atoms with E-state index in [2.05, 4.69) is 5.32 Å². The van der Waals surface area contributed by atoms with Crippen LogP contribution in [0.25, 0.3) is 11.0 Å². The Morgan fingerprint density at radius 3 is 2.39 bits per heavy atom. The first-order valence-electron chi connectivity index (χ1n) is 7.15. The smallest absolute Gasteiger partial charge is 0.328 e. The number of benzene rings is 2. The molecule has 6 heteroatoms. The zero-order chi connectivity index (χ0) is 16.6. The SMILES string of the molecule is Cn1c(=O)n(C)c2cc(CNC(=O)c3ccc(Cl)cc3)ccc21. The summed E-state index contributed by atoms with van der Waals surface area (Å²) in [7, 11) is 3.48. The zero-order valence-electron chi connectivity index (χ0n) is 12.8. The van der Waals surface area contributed by atoms with Gasteiger partial charge in [0, 0.05) is 31.2 Å². The first-order valence-corrected chi connectivity index (χ1v) is 7.53. The molecule has 0 aliphatic carbocycles. The van der Waals surface area contributed by atoms with Crippen LogP contribution in [0.3, 0.4) is 0 Å². The summed E-state index contributed by atoms with van der Waals surface area (Å²) in [5.74, 6) is -0.163. The normalized spacial score (nSPS) is 10.9. The average molecular weight is 330 g/mol. The molecule has 0 atom stereocenters. The molecule has 0 aliphatic heterocycles. The van der Waals surface area contributed by atoms with Gasteiger partial charge in [-0.1, -0.05) is 17.7 Å². The third-order valence-corrected chi connectivity index (χ3v) is 4.15. The third kappa shape index (κ3) is 2.87. The van der Waals surface area contributed by atoms with Gasteiger partial charge in [0.1, 0.15) is 0 Å². The van der Waals surface area contributed by atoms with Crippen LogP contribution in [-0.2, 0) is 20.6 Å². The fourth-order valence-electron chi connectivity index (χ4n) is 2.55.